The van der Waals surface area contributed by atoms with Crippen molar-refractivity contribution in [2.24, 2.45) is 0 Å². The molecule has 1 aliphatic rings. The van der Waals surface area contributed by atoms with Crippen molar-refractivity contribution in [3.8, 4) is 11.5 Å². The highest BCUT2D eigenvalue weighted by molar-refractivity contribution is 6.32. The van der Waals surface area contributed by atoms with E-state index in [1.165, 1.54) is 4.90 Å². The van der Waals surface area contributed by atoms with Gasteiger partial charge in [0.15, 0.2) is 5.60 Å². The van der Waals surface area contributed by atoms with Crippen LogP contribution in [0.4, 0.5) is 5.69 Å². The van der Waals surface area contributed by atoms with Gasteiger partial charge in [0.1, 0.15) is 11.5 Å². The van der Waals surface area contributed by atoms with E-state index in [1.807, 2.05) is 6.07 Å². The first-order valence-electron chi connectivity index (χ1n) is 9.20. The van der Waals surface area contributed by atoms with Crippen molar-refractivity contribution in [2.45, 2.75) is 12.1 Å². The lowest BCUT2D eigenvalue weighted by Gasteiger charge is -2.25. The Morgan fingerprint density at radius 1 is 0.967 bits per heavy atom. The second kappa shape index (κ2) is 7.84. The molecule has 1 amide bonds. The molecular formula is C23H19Cl2NO4. The zero-order chi connectivity index (χ0) is 21.5. The van der Waals surface area contributed by atoms with Crippen LogP contribution in [0.25, 0.3) is 0 Å². The number of benzene rings is 3. The van der Waals surface area contributed by atoms with Gasteiger partial charge in [-0.1, -0.05) is 41.4 Å². The minimum Gasteiger partial charge on any atom is -0.497 e. The average Bonchev–Trinajstić information content (AvgIpc) is 2.96. The average molecular weight is 444 g/mol. The molecule has 0 saturated heterocycles. The molecule has 0 bridgehead atoms. The summed E-state index contributed by atoms with van der Waals surface area (Å²) in [4.78, 5) is 15.1. The number of methoxy groups -OCH3 is 2. The zero-order valence-corrected chi connectivity index (χ0v) is 17.9. The summed E-state index contributed by atoms with van der Waals surface area (Å²) in [5, 5.41) is 12.4. The topological polar surface area (TPSA) is 59.0 Å². The molecule has 30 heavy (non-hydrogen) atoms. The number of hydrogen-bond donors (Lipinski definition) is 1. The normalized spacial score (nSPS) is 17.8. The molecule has 1 atom stereocenters. The minimum atomic E-state index is -1.95. The predicted octanol–water partition coefficient (Wildman–Crippen LogP) is 4.79. The molecule has 0 aromatic heterocycles. The van der Waals surface area contributed by atoms with Gasteiger partial charge >= 0.3 is 0 Å². The van der Waals surface area contributed by atoms with Crippen molar-refractivity contribution in [3.63, 3.8) is 0 Å². The highest BCUT2D eigenvalue weighted by Crippen LogP contribution is 2.48. The van der Waals surface area contributed by atoms with Gasteiger partial charge in [0, 0.05) is 32.8 Å². The predicted molar refractivity (Wildman–Crippen MR) is 117 cm³/mol. The summed E-state index contributed by atoms with van der Waals surface area (Å²) in [7, 11) is 3.13. The monoisotopic (exact) mass is 443 g/mol. The van der Waals surface area contributed by atoms with Crippen LogP contribution in [0.5, 0.6) is 11.5 Å². The molecule has 5 nitrogen and oxygen atoms in total. The molecule has 3 aromatic carbocycles. The Balaban J connectivity index is 1.84. The van der Waals surface area contributed by atoms with Crippen LogP contribution in [0.2, 0.25) is 10.0 Å². The molecule has 3 aromatic rings. The minimum absolute atomic E-state index is 0.188. The van der Waals surface area contributed by atoms with Crippen LogP contribution in [-0.2, 0) is 16.9 Å². The molecule has 0 radical (unpaired) electrons. The number of amides is 1. The quantitative estimate of drug-likeness (QED) is 0.615. The number of ether oxygens (including phenoxy) is 2. The van der Waals surface area contributed by atoms with E-state index in [-0.39, 0.29) is 6.54 Å². The summed E-state index contributed by atoms with van der Waals surface area (Å²) in [6.45, 7) is 0.188. The second-order valence-electron chi connectivity index (χ2n) is 6.92. The lowest BCUT2D eigenvalue weighted by Crippen LogP contribution is -2.41. The van der Waals surface area contributed by atoms with E-state index in [9.17, 15) is 9.90 Å². The van der Waals surface area contributed by atoms with Crippen LogP contribution in [0, 0.1) is 0 Å². The van der Waals surface area contributed by atoms with E-state index < -0.39 is 11.5 Å². The fourth-order valence-electron chi connectivity index (χ4n) is 3.78. The molecular weight excluding hydrogens is 425 g/mol. The number of nitrogens with zero attached hydrogens (tertiary/aromatic N) is 1. The summed E-state index contributed by atoms with van der Waals surface area (Å²) < 4.78 is 10.7. The third kappa shape index (κ3) is 3.19. The highest BCUT2D eigenvalue weighted by atomic mass is 35.5. The first-order valence-corrected chi connectivity index (χ1v) is 9.96. The van der Waals surface area contributed by atoms with Crippen LogP contribution in [0.1, 0.15) is 16.7 Å². The second-order valence-corrected chi connectivity index (χ2v) is 7.76. The van der Waals surface area contributed by atoms with Crippen LogP contribution >= 0.6 is 23.2 Å². The van der Waals surface area contributed by atoms with E-state index >= 15 is 0 Å². The van der Waals surface area contributed by atoms with Gasteiger partial charge in [-0.25, -0.2) is 0 Å². The number of fused-ring (bicyclic) bond motifs is 1. The highest BCUT2D eigenvalue weighted by Gasteiger charge is 2.52. The molecule has 0 saturated carbocycles. The molecule has 1 unspecified atom stereocenters. The number of anilines is 1. The molecule has 0 aliphatic carbocycles. The largest absolute Gasteiger partial charge is 0.497 e. The van der Waals surface area contributed by atoms with Crippen molar-refractivity contribution in [1.82, 2.24) is 0 Å². The Hall–Kier alpha value is -2.73. The van der Waals surface area contributed by atoms with Gasteiger partial charge in [0.25, 0.3) is 5.91 Å². The summed E-state index contributed by atoms with van der Waals surface area (Å²) in [6.07, 6.45) is 0. The van der Waals surface area contributed by atoms with E-state index in [4.69, 9.17) is 32.7 Å². The smallest absolute Gasteiger partial charge is 0.268 e. The van der Waals surface area contributed by atoms with Gasteiger partial charge in [-0.3, -0.25) is 4.79 Å². The molecule has 154 valence electrons. The number of rotatable bonds is 5. The van der Waals surface area contributed by atoms with Crippen molar-refractivity contribution in [3.05, 3.63) is 87.4 Å². The zero-order valence-electron chi connectivity index (χ0n) is 16.4. The molecule has 1 N–H and O–H groups in total. The van der Waals surface area contributed by atoms with Gasteiger partial charge in [0.05, 0.1) is 26.5 Å². The molecule has 4 rings (SSSR count). The Bertz CT molecular complexity index is 1130. The van der Waals surface area contributed by atoms with Gasteiger partial charge in [-0.05, 0) is 36.4 Å². The lowest BCUT2D eigenvalue weighted by molar-refractivity contribution is -0.132. The molecule has 0 spiro atoms. The summed E-state index contributed by atoms with van der Waals surface area (Å²) in [5.74, 6) is 0.708. The van der Waals surface area contributed by atoms with E-state index in [1.54, 1.807) is 68.8 Å². The Kier molecular flexibility index (Phi) is 5.36. The first kappa shape index (κ1) is 20.5. The number of hydrogen-bond acceptors (Lipinski definition) is 4. The summed E-state index contributed by atoms with van der Waals surface area (Å²) >= 11 is 12.6. The maximum Gasteiger partial charge on any atom is 0.268 e. The van der Waals surface area contributed by atoms with Crippen molar-refractivity contribution in [1.29, 1.82) is 0 Å². The van der Waals surface area contributed by atoms with Crippen LogP contribution in [-0.4, -0.2) is 25.2 Å². The van der Waals surface area contributed by atoms with Crippen LogP contribution in [0.15, 0.2) is 60.7 Å². The number of carbonyl (C=O) groups is 1. The van der Waals surface area contributed by atoms with Crippen molar-refractivity contribution < 1.29 is 19.4 Å². The molecule has 7 heteroatoms. The molecule has 0 fully saturated rings. The van der Waals surface area contributed by atoms with Crippen molar-refractivity contribution >= 4 is 34.8 Å². The van der Waals surface area contributed by atoms with Crippen LogP contribution < -0.4 is 14.4 Å². The van der Waals surface area contributed by atoms with Gasteiger partial charge in [0.2, 0.25) is 0 Å². The third-order valence-corrected chi connectivity index (χ3v) is 5.84. The van der Waals surface area contributed by atoms with Gasteiger partial charge < -0.3 is 19.5 Å². The fourth-order valence-corrected chi connectivity index (χ4v) is 4.22. The van der Waals surface area contributed by atoms with Gasteiger partial charge in [-0.2, -0.15) is 0 Å². The SMILES string of the molecule is COc1ccc(CN2C(=O)C(O)(c3ccccc3Cl)c3cc(Cl)ccc32)c(OC)c1. The molecule has 1 heterocycles. The fraction of sp³-hybridized carbons (Fsp3) is 0.174. The maximum atomic E-state index is 13.6. The lowest BCUT2D eigenvalue weighted by atomic mass is 9.87. The molecule has 1 aliphatic heterocycles. The van der Waals surface area contributed by atoms with Crippen molar-refractivity contribution in [2.75, 3.05) is 19.1 Å². The first-order chi connectivity index (χ1) is 14.4. The van der Waals surface area contributed by atoms with E-state index in [0.29, 0.717) is 38.4 Å². The van der Waals surface area contributed by atoms with E-state index in [2.05, 4.69) is 0 Å². The third-order valence-electron chi connectivity index (χ3n) is 5.28. The number of halogens is 2. The van der Waals surface area contributed by atoms with E-state index in [0.717, 1.165) is 5.56 Å². The summed E-state index contributed by atoms with van der Waals surface area (Å²) in [5.41, 5.74) is 0.0729. The maximum absolute atomic E-state index is 13.6. The van der Waals surface area contributed by atoms with Crippen LogP contribution in [0.3, 0.4) is 0 Å². The Morgan fingerprint density at radius 2 is 1.73 bits per heavy atom. The number of carbonyl (C=O) groups excluding carboxylic acids is 1. The Morgan fingerprint density at radius 3 is 2.43 bits per heavy atom. The number of aliphatic hydroxyl groups is 1. The summed E-state index contributed by atoms with van der Waals surface area (Å²) in [6, 6.07) is 17.1. The Labute approximate surface area is 184 Å². The van der Waals surface area contributed by atoms with Gasteiger partial charge in [-0.15, -0.1) is 0 Å². The standard InChI is InChI=1S/C23H19Cl2NO4/c1-29-16-9-7-14(21(12-16)30-2)13-26-20-10-8-15(24)11-18(20)23(28,22(26)27)17-5-3-4-6-19(17)25/h3-12,28H,13H2,1-2H3.